The molecule has 2 aromatic carbocycles. The number of fused-ring (bicyclic) bond motifs is 1. The number of nitrogens with zero attached hydrogens (tertiary/aromatic N) is 4. The van der Waals surface area contributed by atoms with E-state index in [2.05, 4.69) is 4.98 Å². The smallest absolute Gasteiger partial charge is 0.338 e. The zero-order chi connectivity index (χ0) is 23.8. The summed E-state index contributed by atoms with van der Waals surface area (Å²) < 4.78 is 66.1. The quantitative estimate of drug-likeness (QED) is 0.569. The van der Waals surface area contributed by atoms with Crippen molar-refractivity contribution in [2.24, 2.45) is 0 Å². The molecule has 12 heteroatoms. The van der Waals surface area contributed by atoms with Crippen LogP contribution in [-0.4, -0.2) is 59.3 Å². The lowest BCUT2D eigenvalue weighted by atomic mass is 10.2. The second-order valence-electron chi connectivity index (χ2n) is 7.50. The van der Waals surface area contributed by atoms with E-state index in [1.165, 1.54) is 15.8 Å². The molecule has 0 saturated carbocycles. The van der Waals surface area contributed by atoms with Crippen molar-refractivity contribution in [1.82, 2.24) is 18.8 Å². The highest BCUT2D eigenvalue weighted by molar-refractivity contribution is 7.89. The Morgan fingerprint density at radius 1 is 0.970 bits per heavy atom. The van der Waals surface area contributed by atoms with Crippen LogP contribution in [0.5, 0.6) is 0 Å². The van der Waals surface area contributed by atoms with Crippen molar-refractivity contribution in [2.75, 3.05) is 26.2 Å². The highest BCUT2D eigenvalue weighted by Gasteiger charge is 2.33. The van der Waals surface area contributed by atoms with Crippen molar-refractivity contribution in [3.05, 3.63) is 70.8 Å². The predicted octanol–water partition coefficient (Wildman–Crippen LogP) is 1.95. The highest BCUT2D eigenvalue weighted by Crippen LogP contribution is 2.30. The Morgan fingerprint density at radius 2 is 1.61 bits per heavy atom. The Hall–Kier alpha value is -3.25. The number of benzene rings is 2. The van der Waals surface area contributed by atoms with Gasteiger partial charge >= 0.3 is 6.18 Å². The molecule has 1 amide bonds. The predicted molar refractivity (Wildman–Crippen MR) is 113 cm³/mol. The van der Waals surface area contributed by atoms with Gasteiger partial charge in [-0.05, 0) is 36.4 Å². The van der Waals surface area contributed by atoms with Crippen LogP contribution in [0.25, 0.3) is 10.9 Å². The molecule has 0 radical (unpaired) electrons. The number of halogens is 3. The largest absolute Gasteiger partial charge is 0.416 e. The van der Waals surface area contributed by atoms with E-state index in [1.54, 1.807) is 24.3 Å². The van der Waals surface area contributed by atoms with E-state index >= 15 is 0 Å². The summed E-state index contributed by atoms with van der Waals surface area (Å²) in [6, 6.07) is 10.1. The average molecular weight is 480 g/mol. The van der Waals surface area contributed by atoms with Gasteiger partial charge < -0.3 is 4.90 Å². The minimum Gasteiger partial charge on any atom is -0.338 e. The molecule has 33 heavy (non-hydrogen) atoms. The third kappa shape index (κ3) is 4.62. The lowest BCUT2D eigenvalue weighted by molar-refractivity contribution is -0.137. The summed E-state index contributed by atoms with van der Waals surface area (Å²) in [5.74, 6) is -0.360. The molecule has 174 valence electrons. The minimum absolute atomic E-state index is 0.0139. The van der Waals surface area contributed by atoms with E-state index in [1.807, 2.05) is 0 Å². The van der Waals surface area contributed by atoms with E-state index in [0.29, 0.717) is 10.9 Å². The first kappa shape index (κ1) is 22.9. The summed E-state index contributed by atoms with van der Waals surface area (Å²) in [4.78, 5) is 30.6. The summed E-state index contributed by atoms with van der Waals surface area (Å²) in [6.45, 7) is -0.0782. The Morgan fingerprint density at radius 3 is 2.24 bits per heavy atom. The summed E-state index contributed by atoms with van der Waals surface area (Å²) in [7, 11) is -4.00. The maximum Gasteiger partial charge on any atom is 0.416 e. The monoisotopic (exact) mass is 480 g/mol. The standard InChI is InChI=1S/C21H19F3N4O4S/c22-21(23,24)15-5-7-16(8-6-15)33(31,32)28-11-9-26(10-12-28)19(29)13-27-14-25-18-4-2-1-3-17(18)20(27)30/h1-8,14H,9-13H2. The van der Waals surface area contributed by atoms with Crippen molar-refractivity contribution >= 4 is 26.8 Å². The second-order valence-corrected chi connectivity index (χ2v) is 9.44. The number of carbonyl (C=O) groups is 1. The topological polar surface area (TPSA) is 92.6 Å². The van der Waals surface area contributed by atoms with Crippen LogP contribution in [0, 0.1) is 0 Å². The van der Waals surface area contributed by atoms with E-state index in [0.717, 1.165) is 28.6 Å². The molecule has 0 unspecified atom stereocenters. The minimum atomic E-state index is -4.56. The van der Waals surface area contributed by atoms with E-state index in [9.17, 15) is 31.2 Å². The fourth-order valence-corrected chi connectivity index (χ4v) is 5.03. The van der Waals surface area contributed by atoms with Crippen LogP contribution in [0.2, 0.25) is 0 Å². The summed E-state index contributed by atoms with van der Waals surface area (Å²) in [5, 5.41) is 0.389. The first-order valence-electron chi connectivity index (χ1n) is 9.97. The molecule has 2 heterocycles. The fourth-order valence-electron chi connectivity index (χ4n) is 3.61. The van der Waals surface area contributed by atoms with E-state index in [-0.39, 0.29) is 49.1 Å². The zero-order valence-electron chi connectivity index (χ0n) is 17.2. The summed E-state index contributed by atoms with van der Waals surface area (Å²) in [6.07, 6.45) is -3.26. The molecule has 1 aliphatic heterocycles. The van der Waals surface area contributed by atoms with Gasteiger partial charge in [-0.1, -0.05) is 12.1 Å². The molecule has 0 N–H and O–H groups in total. The van der Waals surface area contributed by atoms with Crippen LogP contribution < -0.4 is 5.56 Å². The number of para-hydroxylation sites is 1. The Balaban J connectivity index is 1.41. The van der Waals surface area contributed by atoms with Gasteiger partial charge in [-0.3, -0.25) is 14.2 Å². The van der Waals surface area contributed by atoms with Crippen molar-refractivity contribution < 1.29 is 26.4 Å². The van der Waals surface area contributed by atoms with Gasteiger partial charge in [-0.2, -0.15) is 17.5 Å². The van der Waals surface area contributed by atoms with Crippen molar-refractivity contribution in [3.63, 3.8) is 0 Å². The van der Waals surface area contributed by atoms with Crippen LogP contribution in [0.4, 0.5) is 13.2 Å². The molecular weight excluding hydrogens is 461 g/mol. The molecule has 4 rings (SSSR count). The number of carbonyl (C=O) groups excluding carboxylic acids is 1. The Labute approximate surface area is 186 Å². The number of aromatic nitrogens is 2. The average Bonchev–Trinajstić information content (AvgIpc) is 2.80. The summed E-state index contributed by atoms with van der Waals surface area (Å²) in [5.41, 5.74) is -0.763. The van der Waals surface area contributed by atoms with Gasteiger partial charge in [0.05, 0.1) is 27.7 Å². The Bertz CT molecular complexity index is 1350. The molecule has 3 aromatic rings. The highest BCUT2D eigenvalue weighted by atomic mass is 32.2. The molecule has 1 aromatic heterocycles. The number of sulfonamides is 1. The molecule has 0 atom stereocenters. The van der Waals surface area contributed by atoms with Crippen molar-refractivity contribution in [2.45, 2.75) is 17.6 Å². The number of hydrogen-bond acceptors (Lipinski definition) is 5. The van der Waals surface area contributed by atoms with Gasteiger partial charge in [-0.25, -0.2) is 13.4 Å². The van der Waals surface area contributed by atoms with Gasteiger partial charge in [0.1, 0.15) is 6.54 Å². The zero-order valence-corrected chi connectivity index (χ0v) is 18.0. The van der Waals surface area contributed by atoms with Crippen LogP contribution in [0.1, 0.15) is 5.56 Å². The van der Waals surface area contributed by atoms with Gasteiger partial charge in [0.25, 0.3) is 5.56 Å². The maximum absolute atomic E-state index is 12.8. The molecule has 8 nitrogen and oxygen atoms in total. The molecule has 0 bridgehead atoms. The van der Waals surface area contributed by atoms with Crippen LogP contribution in [0.15, 0.2) is 64.5 Å². The second kappa shape index (κ2) is 8.60. The van der Waals surface area contributed by atoms with E-state index < -0.39 is 21.8 Å². The molecule has 1 fully saturated rings. The third-order valence-corrected chi connectivity index (χ3v) is 7.36. The first-order valence-corrected chi connectivity index (χ1v) is 11.4. The number of rotatable bonds is 4. The van der Waals surface area contributed by atoms with Gasteiger partial charge in [-0.15, -0.1) is 0 Å². The van der Waals surface area contributed by atoms with Crippen LogP contribution >= 0.6 is 0 Å². The van der Waals surface area contributed by atoms with Gasteiger partial charge in [0.15, 0.2) is 0 Å². The van der Waals surface area contributed by atoms with Crippen LogP contribution in [-0.2, 0) is 27.5 Å². The normalized spacial score (nSPS) is 15.7. The lowest BCUT2D eigenvalue weighted by Crippen LogP contribution is -2.51. The fraction of sp³-hybridized carbons (Fsp3) is 0.286. The first-order chi connectivity index (χ1) is 15.6. The third-order valence-electron chi connectivity index (χ3n) is 5.45. The molecule has 1 saturated heterocycles. The summed E-state index contributed by atoms with van der Waals surface area (Å²) >= 11 is 0. The molecule has 0 spiro atoms. The lowest BCUT2D eigenvalue weighted by Gasteiger charge is -2.34. The molecular formula is C21H19F3N4O4S. The number of hydrogen-bond donors (Lipinski definition) is 0. The van der Waals surface area contributed by atoms with E-state index in [4.69, 9.17) is 0 Å². The number of alkyl halides is 3. The van der Waals surface area contributed by atoms with Crippen molar-refractivity contribution in [1.29, 1.82) is 0 Å². The van der Waals surface area contributed by atoms with Crippen molar-refractivity contribution in [3.8, 4) is 0 Å². The maximum atomic E-state index is 12.8. The SMILES string of the molecule is O=C(Cn1cnc2ccccc2c1=O)N1CCN(S(=O)(=O)c2ccc(C(F)(F)F)cc2)CC1. The molecule has 1 aliphatic rings. The van der Waals surface area contributed by atoms with Gasteiger partial charge in [0.2, 0.25) is 15.9 Å². The number of amides is 1. The molecule has 0 aliphatic carbocycles. The van der Waals surface area contributed by atoms with Crippen LogP contribution in [0.3, 0.4) is 0 Å². The number of piperazine rings is 1. The Kier molecular flexibility index (Phi) is 5.97. The van der Waals surface area contributed by atoms with Gasteiger partial charge in [0, 0.05) is 26.2 Å².